The molecule has 0 unspecified atom stereocenters. The lowest BCUT2D eigenvalue weighted by Crippen LogP contribution is -2.30. The third kappa shape index (κ3) is 6.20. The molecule has 3 aromatic rings. The van der Waals surface area contributed by atoms with Crippen LogP contribution in [0.4, 0.5) is 5.69 Å². The van der Waals surface area contributed by atoms with E-state index in [1.54, 1.807) is 17.0 Å². The molecule has 3 aromatic carbocycles. The van der Waals surface area contributed by atoms with Crippen LogP contribution in [0.2, 0.25) is 0 Å². The molecular formula is C27H23BrN2O3S2. The van der Waals surface area contributed by atoms with E-state index < -0.39 is 0 Å². The summed E-state index contributed by atoms with van der Waals surface area (Å²) in [6, 6.07) is 22.5. The number of hydrogen-bond donors (Lipinski definition) is 1. The van der Waals surface area contributed by atoms with Gasteiger partial charge in [0.1, 0.15) is 10.1 Å². The van der Waals surface area contributed by atoms with Gasteiger partial charge >= 0.3 is 0 Å². The number of nitrogens with one attached hydrogen (secondary N) is 1. The first-order chi connectivity index (χ1) is 16.8. The average Bonchev–Trinajstić information content (AvgIpc) is 3.13. The number of rotatable bonds is 7. The second-order valence-corrected chi connectivity index (χ2v) is 10.5. The molecule has 5 nitrogen and oxygen atoms in total. The lowest BCUT2D eigenvalue weighted by Gasteiger charge is -2.23. The highest BCUT2D eigenvalue weighted by Gasteiger charge is 2.35. The van der Waals surface area contributed by atoms with E-state index >= 15 is 0 Å². The van der Waals surface area contributed by atoms with E-state index in [2.05, 4.69) is 21.2 Å². The Morgan fingerprint density at radius 2 is 1.86 bits per heavy atom. The Hall–Kier alpha value is -2.94. The molecular weight excluding hydrogens is 544 g/mol. The number of carbonyl (C=O) groups is 2. The van der Waals surface area contributed by atoms with E-state index in [0.29, 0.717) is 20.7 Å². The van der Waals surface area contributed by atoms with Gasteiger partial charge in [0.15, 0.2) is 6.61 Å². The topological polar surface area (TPSA) is 58.6 Å². The van der Waals surface area contributed by atoms with Crippen LogP contribution in [0.5, 0.6) is 5.75 Å². The van der Waals surface area contributed by atoms with Crippen LogP contribution in [0.25, 0.3) is 6.08 Å². The minimum Gasteiger partial charge on any atom is -0.484 e. The Balaban J connectivity index is 1.35. The van der Waals surface area contributed by atoms with Gasteiger partial charge in [-0.25, -0.2) is 0 Å². The molecule has 1 aliphatic rings. The van der Waals surface area contributed by atoms with Gasteiger partial charge in [-0.05, 0) is 66.9 Å². The first kappa shape index (κ1) is 25.2. The predicted octanol–water partition coefficient (Wildman–Crippen LogP) is 6.74. The van der Waals surface area contributed by atoms with Gasteiger partial charge in [0, 0.05) is 10.2 Å². The summed E-state index contributed by atoms with van der Waals surface area (Å²) in [5.41, 5.74) is 3.63. The number of nitrogens with zero attached hydrogens (tertiary/aromatic N) is 1. The van der Waals surface area contributed by atoms with E-state index in [1.807, 2.05) is 80.6 Å². The molecule has 1 fully saturated rings. The van der Waals surface area contributed by atoms with Crippen molar-refractivity contribution < 1.29 is 14.3 Å². The van der Waals surface area contributed by atoms with E-state index in [1.165, 1.54) is 11.8 Å². The Labute approximate surface area is 222 Å². The van der Waals surface area contributed by atoms with Gasteiger partial charge in [-0.1, -0.05) is 82.4 Å². The number of thioether (sulfide) groups is 1. The van der Waals surface area contributed by atoms with Crippen LogP contribution in [0.1, 0.15) is 29.7 Å². The van der Waals surface area contributed by atoms with Crippen molar-refractivity contribution in [2.24, 2.45) is 0 Å². The van der Waals surface area contributed by atoms with Gasteiger partial charge in [-0.3, -0.25) is 14.5 Å². The van der Waals surface area contributed by atoms with Gasteiger partial charge in [-0.2, -0.15) is 0 Å². The van der Waals surface area contributed by atoms with Crippen LogP contribution >= 0.6 is 39.9 Å². The number of ether oxygens (including phenoxy) is 1. The fourth-order valence-corrected chi connectivity index (χ4v) is 5.24. The number of aryl methyl sites for hydroxylation is 1. The molecule has 0 aromatic heterocycles. The zero-order valence-electron chi connectivity index (χ0n) is 19.2. The summed E-state index contributed by atoms with van der Waals surface area (Å²) in [5, 5.41) is 2.82. The highest BCUT2D eigenvalue weighted by Crippen LogP contribution is 2.38. The van der Waals surface area contributed by atoms with Crippen LogP contribution < -0.4 is 10.1 Å². The monoisotopic (exact) mass is 566 g/mol. The highest BCUT2D eigenvalue weighted by molar-refractivity contribution is 9.10. The summed E-state index contributed by atoms with van der Waals surface area (Å²) >= 11 is 10.2. The summed E-state index contributed by atoms with van der Waals surface area (Å²) in [7, 11) is 0. The van der Waals surface area contributed by atoms with Crippen molar-refractivity contribution in [1.82, 2.24) is 4.90 Å². The van der Waals surface area contributed by atoms with Gasteiger partial charge in [0.25, 0.3) is 11.8 Å². The van der Waals surface area contributed by atoms with Crippen LogP contribution in [-0.2, 0) is 9.59 Å². The number of benzene rings is 3. The average molecular weight is 568 g/mol. The van der Waals surface area contributed by atoms with E-state index in [9.17, 15) is 9.59 Å². The maximum Gasteiger partial charge on any atom is 0.266 e. The predicted molar refractivity (Wildman–Crippen MR) is 149 cm³/mol. The first-order valence-corrected chi connectivity index (χ1v) is 12.9. The minimum atomic E-state index is -0.244. The highest BCUT2D eigenvalue weighted by atomic mass is 79.9. The molecule has 35 heavy (non-hydrogen) atoms. The molecule has 1 N–H and O–H groups in total. The number of halogens is 1. The van der Waals surface area contributed by atoms with E-state index in [4.69, 9.17) is 17.0 Å². The molecule has 1 atom stereocenters. The summed E-state index contributed by atoms with van der Waals surface area (Å²) in [6.45, 7) is 3.83. The fraction of sp³-hybridized carbons (Fsp3) is 0.148. The lowest BCUT2D eigenvalue weighted by atomic mass is 10.1. The van der Waals surface area contributed by atoms with Crippen LogP contribution in [-0.4, -0.2) is 27.6 Å². The molecule has 0 bridgehead atoms. The number of amides is 2. The van der Waals surface area contributed by atoms with Crippen LogP contribution in [0.15, 0.2) is 82.2 Å². The number of hydrogen-bond acceptors (Lipinski definition) is 5. The number of carbonyl (C=O) groups excluding carboxylic acids is 2. The van der Waals surface area contributed by atoms with Crippen molar-refractivity contribution in [1.29, 1.82) is 0 Å². The van der Waals surface area contributed by atoms with Gasteiger partial charge in [0.2, 0.25) is 0 Å². The molecule has 0 spiro atoms. The number of anilines is 1. The summed E-state index contributed by atoms with van der Waals surface area (Å²) in [5.74, 6) is 0.220. The molecule has 0 saturated carbocycles. The van der Waals surface area contributed by atoms with Crippen molar-refractivity contribution in [2.75, 3.05) is 11.9 Å². The fourth-order valence-electron chi connectivity index (χ4n) is 3.57. The van der Waals surface area contributed by atoms with E-state index in [0.717, 1.165) is 21.2 Å². The smallest absolute Gasteiger partial charge is 0.266 e. The lowest BCUT2D eigenvalue weighted by molar-refractivity contribution is -0.123. The second kappa shape index (κ2) is 11.2. The standard InChI is InChI=1S/C27H23BrN2O3S2/c1-17-14-21(10-13-23(17)28)29-25(31)16-33-22-11-8-19(9-12-22)15-24-26(32)30(27(34)35-24)18(2)20-6-4-3-5-7-20/h3-15,18H,16H2,1-2H3,(H,29,31)/b24-15-/t18-/m0/s1. The number of thiocarbonyl (C=S) groups is 1. The zero-order chi connectivity index (χ0) is 24.9. The van der Waals surface area contributed by atoms with Crippen molar-refractivity contribution in [2.45, 2.75) is 19.9 Å². The SMILES string of the molecule is Cc1cc(NC(=O)COc2ccc(/C=C3\SC(=S)N([C@@H](C)c4ccccc4)C3=O)cc2)ccc1Br. The molecule has 1 heterocycles. The Morgan fingerprint density at radius 3 is 2.54 bits per heavy atom. The zero-order valence-corrected chi connectivity index (χ0v) is 22.4. The summed E-state index contributed by atoms with van der Waals surface area (Å²) in [4.78, 5) is 27.5. The normalized spacial score (nSPS) is 15.4. The van der Waals surface area contributed by atoms with Crippen molar-refractivity contribution >= 4 is 67.8 Å². The second-order valence-electron chi connectivity index (χ2n) is 8.01. The van der Waals surface area contributed by atoms with Gasteiger partial charge in [-0.15, -0.1) is 0 Å². The molecule has 1 aliphatic heterocycles. The molecule has 0 aliphatic carbocycles. The Morgan fingerprint density at radius 1 is 1.14 bits per heavy atom. The molecule has 1 saturated heterocycles. The quantitative estimate of drug-likeness (QED) is 0.253. The largest absolute Gasteiger partial charge is 0.484 e. The summed E-state index contributed by atoms with van der Waals surface area (Å²) < 4.78 is 7.14. The van der Waals surface area contributed by atoms with Crippen molar-refractivity contribution in [3.8, 4) is 5.75 Å². The first-order valence-electron chi connectivity index (χ1n) is 10.9. The van der Waals surface area contributed by atoms with Crippen molar-refractivity contribution in [3.63, 3.8) is 0 Å². The van der Waals surface area contributed by atoms with Crippen LogP contribution in [0, 0.1) is 6.92 Å². The Bertz CT molecular complexity index is 1290. The summed E-state index contributed by atoms with van der Waals surface area (Å²) in [6.07, 6.45) is 1.82. The van der Waals surface area contributed by atoms with E-state index in [-0.39, 0.29) is 24.5 Å². The minimum absolute atomic E-state index is 0.100. The maximum absolute atomic E-state index is 13.0. The third-order valence-electron chi connectivity index (χ3n) is 5.48. The van der Waals surface area contributed by atoms with Gasteiger partial charge in [0.05, 0.1) is 10.9 Å². The van der Waals surface area contributed by atoms with Crippen molar-refractivity contribution in [3.05, 3.63) is 98.9 Å². The van der Waals surface area contributed by atoms with Crippen LogP contribution in [0.3, 0.4) is 0 Å². The molecule has 0 radical (unpaired) electrons. The molecule has 178 valence electrons. The molecule has 2 amide bonds. The third-order valence-corrected chi connectivity index (χ3v) is 7.70. The van der Waals surface area contributed by atoms with Gasteiger partial charge < -0.3 is 10.1 Å². The maximum atomic E-state index is 13.0. The molecule has 8 heteroatoms. The molecule has 4 rings (SSSR count). The Kier molecular flexibility index (Phi) is 8.05.